The number of benzene rings is 3. The Kier molecular flexibility index (Phi) is 7.98. The number of nitrogens with one attached hydrogen (secondary N) is 1. The molecule has 0 aliphatic carbocycles. The second kappa shape index (κ2) is 11.3. The monoisotopic (exact) mass is 440 g/mol. The second-order valence-electron chi connectivity index (χ2n) is 7.19. The molecule has 3 rings (SSSR count). The quantitative estimate of drug-likeness (QED) is 0.297. The lowest BCUT2D eigenvalue weighted by Gasteiger charge is -2.10. The fourth-order valence-corrected chi connectivity index (χ4v) is 3.07. The lowest BCUT2D eigenvalue weighted by atomic mass is 10.1. The highest BCUT2D eigenvalue weighted by molar-refractivity contribution is 6.09. The van der Waals surface area contributed by atoms with Crippen LogP contribution in [0.5, 0.6) is 5.75 Å². The molecule has 0 fully saturated rings. The number of nitriles is 1. The van der Waals surface area contributed by atoms with E-state index in [1.54, 1.807) is 42.5 Å². The van der Waals surface area contributed by atoms with E-state index in [0.29, 0.717) is 22.6 Å². The van der Waals surface area contributed by atoms with Crippen molar-refractivity contribution in [1.82, 2.24) is 0 Å². The van der Waals surface area contributed by atoms with Crippen molar-refractivity contribution in [3.8, 4) is 11.8 Å². The summed E-state index contributed by atoms with van der Waals surface area (Å²) in [6, 6.07) is 23.5. The van der Waals surface area contributed by atoms with Gasteiger partial charge in [-0.05, 0) is 54.0 Å². The molecular weight excluding hydrogens is 416 g/mol. The molecule has 6 nitrogen and oxygen atoms in total. The van der Waals surface area contributed by atoms with E-state index in [1.807, 2.05) is 36.4 Å². The predicted molar refractivity (Wildman–Crippen MR) is 127 cm³/mol. The zero-order valence-electron chi connectivity index (χ0n) is 18.5. The maximum Gasteiger partial charge on any atom is 0.337 e. The van der Waals surface area contributed by atoms with Gasteiger partial charge < -0.3 is 14.8 Å². The van der Waals surface area contributed by atoms with E-state index >= 15 is 0 Å². The Hall–Kier alpha value is -4.37. The van der Waals surface area contributed by atoms with Gasteiger partial charge in [-0.3, -0.25) is 4.79 Å². The van der Waals surface area contributed by atoms with E-state index in [1.165, 1.54) is 13.2 Å². The summed E-state index contributed by atoms with van der Waals surface area (Å²) in [6.45, 7) is 2.31. The van der Waals surface area contributed by atoms with Crippen LogP contribution in [0.15, 0.2) is 78.4 Å². The van der Waals surface area contributed by atoms with Crippen LogP contribution >= 0.6 is 0 Å². The molecule has 166 valence electrons. The van der Waals surface area contributed by atoms with Gasteiger partial charge in [0.2, 0.25) is 0 Å². The minimum Gasteiger partial charge on any atom is -0.488 e. The first-order chi connectivity index (χ1) is 16.0. The van der Waals surface area contributed by atoms with E-state index in [9.17, 15) is 14.9 Å². The van der Waals surface area contributed by atoms with Crippen LogP contribution in [0.3, 0.4) is 0 Å². The first kappa shape index (κ1) is 23.3. The van der Waals surface area contributed by atoms with Crippen LogP contribution in [0.2, 0.25) is 0 Å². The predicted octanol–water partition coefficient (Wildman–Crippen LogP) is 5.16. The number of ether oxygens (including phenoxy) is 2. The molecule has 0 bridgehead atoms. The van der Waals surface area contributed by atoms with Gasteiger partial charge >= 0.3 is 5.97 Å². The lowest BCUT2D eigenvalue weighted by Crippen LogP contribution is -2.13. The van der Waals surface area contributed by atoms with Gasteiger partial charge in [-0.15, -0.1) is 0 Å². The summed E-state index contributed by atoms with van der Waals surface area (Å²) in [7, 11) is 1.33. The topological polar surface area (TPSA) is 88.4 Å². The third-order valence-corrected chi connectivity index (χ3v) is 4.97. The van der Waals surface area contributed by atoms with Crippen molar-refractivity contribution in [1.29, 1.82) is 5.26 Å². The zero-order valence-corrected chi connectivity index (χ0v) is 18.5. The molecule has 0 aromatic heterocycles. The van der Waals surface area contributed by atoms with Crippen LogP contribution in [0, 0.1) is 11.3 Å². The molecule has 0 unspecified atom stereocenters. The number of methoxy groups -OCH3 is 1. The molecule has 1 amide bonds. The summed E-state index contributed by atoms with van der Waals surface area (Å²) in [5, 5.41) is 12.3. The Balaban J connectivity index is 1.72. The molecule has 0 radical (unpaired) electrons. The Morgan fingerprint density at radius 1 is 0.970 bits per heavy atom. The van der Waals surface area contributed by atoms with Crippen molar-refractivity contribution in [3.05, 3.63) is 101 Å². The van der Waals surface area contributed by atoms with Gasteiger partial charge in [-0.2, -0.15) is 5.26 Å². The van der Waals surface area contributed by atoms with E-state index in [0.717, 1.165) is 17.5 Å². The van der Waals surface area contributed by atoms with Crippen LogP contribution in [0.4, 0.5) is 5.69 Å². The van der Waals surface area contributed by atoms with Crippen molar-refractivity contribution in [2.24, 2.45) is 0 Å². The molecule has 0 heterocycles. The number of para-hydroxylation sites is 1. The highest BCUT2D eigenvalue weighted by Gasteiger charge is 2.12. The van der Waals surface area contributed by atoms with E-state index in [-0.39, 0.29) is 12.2 Å². The fraction of sp³-hybridized carbons (Fsp3) is 0.148. The summed E-state index contributed by atoms with van der Waals surface area (Å²) in [5.74, 6) is -0.362. The fourth-order valence-electron chi connectivity index (χ4n) is 3.07. The molecule has 3 aromatic rings. The number of anilines is 1. The maximum atomic E-state index is 12.6. The minimum atomic E-state index is -0.491. The van der Waals surface area contributed by atoms with Gasteiger partial charge in [0.15, 0.2) is 0 Å². The van der Waals surface area contributed by atoms with Crippen LogP contribution in [-0.4, -0.2) is 19.0 Å². The van der Waals surface area contributed by atoms with Crippen molar-refractivity contribution >= 4 is 23.6 Å². The van der Waals surface area contributed by atoms with Gasteiger partial charge in [-0.25, -0.2) is 4.79 Å². The summed E-state index contributed by atoms with van der Waals surface area (Å²) in [5.41, 5.74) is 3.67. The third-order valence-electron chi connectivity index (χ3n) is 4.97. The Morgan fingerprint density at radius 3 is 2.27 bits per heavy atom. The van der Waals surface area contributed by atoms with Crippen LogP contribution < -0.4 is 10.1 Å². The van der Waals surface area contributed by atoms with Gasteiger partial charge in [0.1, 0.15) is 24.0 Å². The molecule has 6 heteroatoms. The van der Waals surface area contributed by atoms with Crippen LogP contribution in [0.25, 0.3) is 6.08 Å². The SMILES string of the molecule is CCc1ccc(NC(=O)/C(C#N)=C/c2ccccc2OCc2ccc(C(=O)OC)cc2)cc1. The highest BCUT2D eigenvalue weighted by Crippen LogP contribution is 2.23. The number of esters is 1. The molecule has 3 aromatic carbocycles. The number of nitrogens with zero attached hydrogens (tertiary/aromatic N) is 1. The molecule has 1 N–H and O–H groups in total. The first-order valence-corrected chi connectivity index (χ1v) is 10.4. The number of hydrogen-bond donors (Lipinski definition) is 1. The average Bonchev–Trinajstić information content (AvgIpc) is 2.86. The maximum absolute atomic E-state index is 12.6. The first-order valence-electron chi connectivity index (χ1n) is 10.4. The number of amides is 1. The molecular formula is C27H24N2O4. The summed E-state index contributed by atoms with van der Waals surface area (Å²) < 4.78 is 10.6. The molecule has 0 saturated heterocycles. The average molecular weight is 440 g/mol. The molecule has 0 aliphatic heterocycles. The van der Waals surface area contributed by atoms with Crippen LogP contribution in [-0.2, 0) is 22.6 Å². The highest BCUT2D eigenvalue weighted by atomic mass is 16.5. The molecule has 0 atom stereocenters. The van der Waals surface area contributed by atoms with E-state index in [4.69, 9.17) is 9.47 Å². The second-order valence-corrected chi connectivity index (χ2v) is 7.19. The van der Waals surface area contributed by atoms with Crippen molar-refractivity contribution in [3.63, 3.8) is 0 Å². The van der Waals surface area contributed by atoms with Crippen LogP contribution in [0.1, 0.15) is 34.0 Å². The number of rotatable bonds is 8. The van der Waals surface area contributed by atoms with Crippen molar-refractivity contribution < 1.29 is 19.1 Å². The van der Waals surface area contributed by atoms with Gasteiger partial charge in [0.05, 0.1) is 12.7 Å². The largest absolute Gasteiger partial charge is 0.488 e. The van der Waals surface area contributed by atoms with Crippen molar-refractivity contribution in [2.45, 2.75) is 20.0 Å². The minimum absolute atomic E-state index is 0.0342. The van der Waals surface area contributed by atoms with Gasteiger partial charge in [-0.1, -0.05) is 49.4 Å². The Morgan fingerprint density at radius 2 is 1.64 bits per heavy atom. The summed E-state index contributed by atoms with van der Waals surface area (Å²) in [6.07, 6.45) is 2.41. The van der Waals surface area contributed by atoms with Crippen molar-refractivity contribution in [2.75, 3.05) is 12.4 Å². The standard InChI is InChI=1S/C27H24N2O4/c1-3-19-10-14-24(15-11-19)29-26(30)23(17-28)16-22-6-4-5-7-25(22)33-18-20-8-12-21(13-9-20)27(31)32-2/h4-16H,3,18H2,1-2H3,(H,29,30)/b23-16+. The number of carbonyl (C=O) groups is 2. The lowest BCUT2D eigenvalue weighted by molar-refractivity contribution is -0.112. The smallest absolute Gasteiger partial charge is 0.337 e. The number of hydrogen-bond acceptors (Lipinski definition) is 5. The molecule has 0 spiro atoms. The van der Waals surface area contributed by atoms with E-state index in [2.05, 4.69) is 12.2 Å². The Bertz CT molecular complexity index is 1190. The normalized spacial score (nSPS) is 10.8. The molecule has 0 saturated carbocycles. The number of aryl methyl sites for hydroxylation is 1. The van der Waals surface area contributed by atoms with Gasteiger partial charge in [0, 0.05) is 11.3 Å². The molecule has 0 aliphatic rings. The number of carbonyl (C=O) groups excluding carboxylic acids is 2. The zero-order chi connectivity index (χ0) is 23.6. The summed E-state index contributed by atoms with van der Waals surface area (Å²) >= 11 is 0. The molecule has 33 heavy (non-hydrogen) atoms. The van der Waals surface area contributed by atoms with E-state index < -0.39 is 11.9 Å². The Labute approximate surface area is 193 Å². The third kappa shape index (κ3) is 6.31. The summed E-state index contributed by atoms with van der Waals surface area (Å²) in [4.78, 5) is 24.2. The van der Waals surface area contributed by atoms with Gasteiger partial charge in [0.25, 0.3) is 5.91 Å².